The van der Waals surface area contributed by atoms with E-state index in [0.717, 1.165) is 5.56 Å². The highest BCUT2D eigenvalue weighted by Crippen LogP contribution is 2.29. The van der Waals surface area contributed by atoms with Crippen molar-refractivity contribution in [3.63, 3.8) is 0 Å². The highest BCUT2D eigenvalue weighted by molar-refractivity contribution is 7.89. The van der Waals surface area contributed by atoms with Gasteiger partial charge in [-0.2, -0.15) is 4.72 Å². The zero-order chi connectivity index (χ0) is 20.7. The number of sulfonamides is 1. The Morgan fingerprint density at radius 2 is 1.79 bits per heavy atom. The summed E-state index contributed by atoms with van der Waals surface area (Å²) in [6, 6.07) is 11.5. The van der Waals surface area contributed by atoms with Crippen LogP contribution in [0.1, 0.15) is 24.1 Å². The Labute approximate surface area is 164 Å². The van der Waals surface area contributed by atoms with Gasteiger partial charge in [-0.3, -0.25) is 0 Å². The number of ether oxygens (including phenoxy) is 2. The molecule has 0 radical (unpaired) electrons. The van der Waals surface area contributed by atoms with Crippen molar-refractivity contribution >= 4 is 10.0 Å². The van der Waals surface area contributed by atoms with Crippen LogP contribution < -0.4 is 9.46 Å². The number of aliphatic hydroxyl groups is 1. The zero-order valence-electron chi connectivity index (χ0n) is 15.8. The van der Waals surface area contributed by atoms with E-state index in [0.29, 0.717) is 11.3 Å². The van der Waals surface area contributed by atoms with Gasteiger partial charge in [-0.25, -0.2) is 8.42 Å². The Morgan fingerprint density at radius 3 is 2.29 bits per heavy atom. The zero-order valence-corrected chi connectivity index (χ0v) is 16.6. The van der Waals surface area contributed by atoms with Crippen molar-refractivity contribution in [1.29, 1.82) is 5.39 Å². The molecule has 0 saturated heterocycles. The molecule has 0 spiro atoms. The molecular formula is C19H22N3O5S+. The molecule has 0 amide bonds. The number of methoxy groups -OCH3 is 1. The summed E-state index contributed by atoms with van der Waals surface area (Å²) >= 11 is 0. The minimum atomic E-state index is -4.00. The summed E-state index contributed by atoms with van der Waals surface area (Å²) in [4.78, 5) is 3.10. The first-order chi connectivity index (χ1) is 13.3. The monoisotopic (exact) mass is 404 g/mol. The van der Waals surface area contributed by atoms with Crippen LogP contribution in [0.5, 0.6) is 5.75 Å². The van der Waals surface area contributed by atoms with E-state index < -0.39 is 22.0 Å². The van der Waals surface area contributed by atoms with Crippen molar-refractivity contribution < 1.29 is 23.0 Å². The number of hydrogen-bond donors (Lipinski definition) is 2. The molecule has 1 unspecified atom stereocenters. The number of hydrogen-bond acceptors (Lipinski definition) is 6. The molecule has 0 fully saturated rings. The molecule has 0 aliphatic carbocycles. The van der Waals surface area contributed by atoms with Gasteiger partial charge in [-0.1, -0.05) is 29.8 Å². The largest absolute Gasteiger partial charge is 0.497 e. The fourth-order valence-electron chi connectivity index (χ4n) is 2.45. The maximum absolute atomic E-state index is 12.8. The lowest BCUT2D eigenvalue weighted by molar-refractivity contribution is 0.0968. The summed E-state index contributed by atoms with van der Waals surface area (Å²) < 4.78 is 38.3. The highest BCUT2D eigenvalue weighted by Gasteiger charge is 2.37. The molecule has 2 aromatic rings. The SMILES string of the molecule is CCO/C(O)=C(\[N+]#N)C(NS(=O)(=O)c1ccc(C)cc1)c1ccc(OC)cc1. The van der Waals surface area contributed by atoms with Crippen LogP contribution in [0.2, 0.25) is 0 Å². The van der Waals surface area contributed by atoms with Gasteiger partial charge >= 0.3 is 11.6 Å². The number of nitrogens with one attached hydrogen (secondary N) is 1. The summed E-state index contributed by atoms with van der Waals surface area (Å²) in [5.41, 5.74) is 0.948. The fourth-order valence-corrected chi connectivity index (χ4v) is 3.64. The van der Waals surface area contributed by atoms with E-state index >= 15 is 0 Å². The van der Waals surface area contributed by atoms with Gasteiger partial charge in [0.05, 0.1) is 18.6 Å². The van der Waals surface area contributed by atoms with Crippen molar-refractivity contribution in [1.82, 2.24) is 4.72 Å². The molecule has 0 aromatic heterocycles. The van der Waals surface area contributed by atoms with Gasteiger partial charge in [-0.05, 0) is 43.7 Å². The van der Waals surface area contributed by atoms with Crippen molar-refractivity contribution in [2.75, 3.05) is 13.7 Å². The average molecular weight is 404 g/mol. The van der Waals surface area contributed by atoms with Gasteiger partial charge in [0.1, 0.15) is 5.75 Å². The fraction of sp³-hybridized carbons (Fsp3) is 0.263. The topological polar surface area (TPSA) is 113 Å². The van der Waals surface area contributed by atoms with Gasteiger partial charge in [0.25, 0.3) is 0 Å². The predicted octanol–water partition coefficient (Wildman–Crippen LogP) is 3.64. The average Bonchev–Trinajstić information content (AvgIpc) is 2.68. The predicted molar refractivity (Wildman–Crippen MR) is 104 cm³/mol. The minimum absolute atomic E-state index is 0.0322. The molecule has 8 nitrogen and oxygen atoms in total. The first-order valence-electron chi connectivity index (χ1n) is 8.46. The van der Waals surface area contributed by atoms with Crippen LogP contribution >= 0.6 is 0 Å². The molecule has 2 rings (SSSR count). The summed E-state index contributed by atoms with van der Waals surface area (Å²) in [7, 11) is -2.49. The number of aryl methyl sites for hydroxylation is 1. The van der Waals surface area contributed by atoms with Crippen LogP contribution in [0.25, 0.3) is 4.98 Å². The maximum atomic E-state index is 12.8. The quantitative estimate of drug-likeness (QED) is 0.513. The van der Waals surface area contributed by atoms with Crippen LogP contribution in [0.4, 0.5) is 0 Å². The first kappa shape index (κ1) is 21.2. The highest BCUT2D eigenvalue weighted by atomic mass is 32.2. The van der Waals surface area contributed by atoms with Crippen molar-refractivity contribution in [3.8, 4) is 5.75 Å². The normalized spacial score (nSPS) is 13.2. The van der Waals surface area contributed by atoms with E-state index in [2.05, 4.69) is 9.70 Å². The van der Waals surface area contributed by atoms with Crippen LogP contribution in [0.3, 0.4) is 0 Å². The molecule has 0 aliphatic rings. The molecule has 2 aromatic carbocycles. The second kappa shape index (κ2) is 9.21. The maximum Gasteiger partial charge on any atom is 0.462 e. The molecule has 2 N–H and O–H groups in total. The Balaban J connectivity index is 2.52. The molecular weight excluding hydrogens is 382 g/mol. The van der Waals surface area contributed by atoms with Crippen molar-refractivity contribution in [2.24, 2.45) is 0 Å². The van der Waals surface area contributed by atoms with Crippen LogP contribution in [0.15, 0.2) is 65.1 Å². The van der Waals surface area contributed by atoms with Gasteiger partial charge < -0.3 is 14.6 Å². The summed E-state index contributed by atoms with van der Waals surface area (Å²) in [5.74, 6) is -0.123. The molecule has 9 heteroatoms. The van der Waals surface area contributed by atoms with E-state index in [1.165, 1.54) is 19.2 Å². The molecule has 148 valence electrons. The van der Waals surface area contributed by atoms with E-state index in [9.17, 15) is 18.9 Å². The Kier molecular flexibility index (Phi) is 6.98. The summed E-state index contributed by atoms with van der Waals surface area (Å²) in [6.45, 7) is 3.57. The molecule has 0 heterocycles. The lowest BCUT2D eigenvalue weighted by Crippen LogP contribution is -2.30. The van der Waals surface area contributed by atoms with Crippen LogP contribution in [-0.2, 0) is 14.8 Å². The third-order valence-electron chi connectivity index (χ3n) is 3.93. The second-order valence-corrected chi connectivity index (χ2v) is 7.58. The molecule has 0 bridgehead atoms. The lowest BCUT2D eigenvalue weighted by atomic mass is 10.1. The molecule has 1 atom stereocenters. The van der Waals surface area contributed by atoms with Gasteiger partial charge in [0.15, 0.2) is 11.0 Å². The van der Waals surface area contributed by atoms with E-state index in [4.69, 9.17) is 9.47 Å². The smallest absolute Gasteiger partial charge is 0.462 e. The number of benzene rings is 2. The summed E-state index contributed by atoms with van der Waals surface area (Å²) in [6.07, 6.45) is 0. The Bertz CT molecular complexity index is 978. The van der Waals surface area contributed by atoms with Crippen LogP contribution in [0, 0.1) is 12.3 Å². The Hall–Kier alpha value is -3.09. The molecule has 0 aliphatic heterocycles. The van der Waals surface area contributed by atoms with Crippen molar-refractivity contribution in [3.05, 3.63) is 76.3 Å². The number of aliphatic hydroxyl groups excluding tert-OH is 1. The Morgan fingerprint density at radius 1 is 1.18 bits per heavy atom. The number of diazo groups is 1. The third kappa shape index (κ3) is 5.00. The third-order valence-corrected chi connectivity index (χ3v) is 5.37. The lowest BCUT2D eigenvalue weighted by Gasteiger charge is -2.15. The second-order valence-electron chi connectivity index (χ2n) is 5.86. The van der Waals surface area contributed by atoms with E-state index in [1.54, 1.807) is 43.3 Å². The van der Waals surface area contributed by atoms with E-state index in [1.807, 2.05) is 6.92 Å². The van der Waals surface area contributed by atoms with Crippen LogP contribution in [-0.4, -0.2) is 27.2 Å². The molecule has 0 saturated carbocycles. The minimum Gasteiger partial charge on any atom is -0.497 e. The number of nitrogens with zero attached hydrogens (tertiary/aromatic N) is 2. The summed E-state index contributed by atoms with van der Waals surface area (Å²) in [5, 5.41) is 19.5. The first-order valence-corrected chi connectivity index (χ1v) is 9.94. The van der Waals surface area contributed by atoms with E-state index in [-0.39, 0.29) is 17.2 Å². The standard InChI is InChI=1S/C19H21N3O5S/c1-4-27-19(23)18(21-20)17(14-7-9-15(26-3)10-8-14)22-28(24,25)16-11-5-13(2)6-12-16/h5-12,17,22H,4H2,1-3H3/p+1/b19-18-. The van der Waals surface area contributed by atoms with Crippen molar-refractivity contribution in [2.45, 2.75) is 24.8 Å². The molecule has 28 heavy (non-hydrogen) atoms. The van der Waals surface area contributed by atoms with Gasteiger partial charge in [0.2, 0.25) is 15.4 Å². The van der Waals surface area contributed by atoms with Gasteiger partial charge in [-0.15, -0.1) is 0 Å². The number of rotatable bonds is 8. The van der Waals surface area contributed by atoms with Gasteiger partial charge in [0, 0.05) is 0 Å².